The third-order valence-corrected chi connectivity index (χ3v) is 3.35. The first-order valence-corrected chi connectivity index (χ1v) is 6.69. The largest absolute Gasteiger partial charge is 0.493 e. The highest BCUT2D eigenvalue weighted by Gasteiger charge is 2.20. The van der Waals surface area contributed by atoms with Crippen LogP contribution < -0.4 is 10.1 Å². The van der Waals surface area contributed by atoms with Crippen molar-refractivity contribution >= 4 is 0 Å². The Labute approximate surface area is 104 Å². The number of ether oxygens (including phenoxy) is 1. The van der Waals surface area contributed by atoms with Gasteiger partial charge in [0, 0.05) is 11.6 Å². The third kappa shape index (κ3) is 2.81. The zero-order valence-electron chi connectivity index (χ0n) is 11.2. The molecule has 17 heavy (non-hydrogen) atoms. The minimum absolute atomic E-state index is 0.464. The van der Waals surface area contributed by atoms with Crippen LogP contribution in [0, 0.1) is 13.8 Å². The number of aryl methyl sites for hydroxylation is 2. The van der Waals surface area contributed by atoms with Gasteiger partial charge >= 0.3 is 0 Å². The number of benzene rings is 1. The number of rotatable bonds is 3. The highest BCUT2D eigenvalue weighted by molar-refractivity contribution is 5.46. The summed E-state index contributed by atoms with van der Waals surface area (Å²) in [5.41, 5.74) is 3.95. The first kappa shape index (κ1) is 12.4. The van der Waals surface area contributed by atoms with Crippen molar-refractivity contribution in [3.05, 3.63) is 28.8 Å². The number of nitrogens with one attached hydrogen (secondary N) is 1. The zero-order chi connectivity index (χ0) is 12.3. The second kappa shape index (κ2) is 5.54. The van der Waals surface area contributed by atoms with Gasteiger partial charge in [-0.15, -0.1) is 0 Å². The van der Waals surface area contributed by atoms with E-state index in [1.165, 1.54) is 29.5 Å². The standard InChI is InChI=1S/C15H23NO/c1-4-7-16-14-6-5-8-17-15-12(3)9-11(2)10-13(14)15/h9-10,14,16H,4-8H2,1-3H3. The molecule has 0 bridgehead atoms. The summed E-state index contributed by atoms with van der Waals surface area (Å²) >= 11 is 0. The fraction of sp³-hybridized carbons (Fsp3) is 0.600. The summed E-state index contributed by atoms with van der Waals surface area (Å²) in [7, 11) is 0. The van der Waals surface area contributed by atoms with Gasteiger partial charge in [-0.2, -0.15) is 0 Å². The summed E-state index contributed by atoms with van der Waals surface area (Å²) in [5, 5.41) is 3.64. The lowest BCUT2D eigenvalue weighted by Gasteiger charge is -2.20. The molecule has 1 unspecified atom stereocenters. The summed E-state index contributed by atoms with van der Waals surface area (Å²) < 4.78 is 5.90. The highest BCUT2D eigenvalue weighted by atomic mass is 16.5. The Morgan fingerprint density at radius 2 is 2.18 bits per heavy atom. The van der Waals surface area contributed by atoms with Crippen LogP contribution in [0.3, 0.4) is 0 Å². The van der Waals surface area contributed by atoms with Crippen molar-refractivity contribution in [2.45, 2.75) is 46.1 Å². The van der Waals surface area contributed by atoms with E-state index in [0.717, 1.165) is 25.3 Å². The van der Waals surface area contributed by atoms with Crippen LogP contribution in [0.4, 0.5) is 0 Å². The molecular formula is C15H23NO. The van der Waals surface area contributed by atoms with Gasteiger partial charge in [0.15, 0.2) is 0 Å². The minimum Gasteiger partial charge on any atom is -0.493 e. The topological polar surface area (TPSA) is 21.3 Å². The number of hydrogen-bond donors (Lipinski definition) is 1. The molecule has 2 heteroatoms. The van der Waals surface area contributed by atoms with Crippen molar-refractivity contribution in [3.63, 3.8) is 0 Å². The van der Waals surface area contributed by atoms with E-state index in [4.69, 9.17) is 4.74 Å². The Hall–Kier alpha value is -1.02. The summed E-state index contributed by atoms with van der Waals surface area (Å²) in [6, 6.07) is 4.95. The molecule has 1 aliphatic rings. The normalized spacial score (nSPS) is 19.4. The smallest absolute Gasteiger partial charge is 0.126 e. The molecule has 1 N–H and O–H groups in total. The van der Waals surface area contributed by atoms with E-state index >= 15 is 0 Å². The predicted octanol–water partition coefficient (Wildman–Crippen LogP) is 3.52. The van der Waals surface area contributed by atoms with E-state index in [1.54, 1.807) is 0 Å². The summed E-state index contributed by atoms with van der Waals surface area (Å²) in [4.78, 5) is 0. The number of fused-ring (bicyclic) bond motifs is 1. The van der Waals surface area contributed by atoms with Gasteiger partial charge in [-0.25, -0.2) is 0 Å². The Morgan fingerprint density at radius 1 is 1.35 bits per heavy atom. The summed E-state index contributed by atoms with van der Waals surface area (Å²) in [6.07, 6.45) is 3.49. The van der Waals surface area contributed by atoms with Gasteiger partial charge in [0.25, 0.3) is 0 Å². The quantitative estimate of drug-likeness (QED) is 0.862. The monoisotopic (exact) mass is 233 g/mol. The van der Waals surface area contributed by atoms with Crippen LogP contribution in [0.5, 0.6) is 5.75 Å². The summed E-state index contributed by atoms with van der Waals surface area (Å²) in [5.74, 6) is 1.11. The molecule has 1 atom stereocenters. The fourth-order valence-corrected chi connectivity index (χ4v) is 2.59. The molecule has 1 aromatic rings. The van der Waals surface area contributed by atoms with Crippen molar-refractivity contribution in [2.75, 3.05) is 13.2 Å². The first-order chi connectivity index (χ1) is 8.22. The van der Waals surface area contributed by atoms with Gasteiger partial charge in [0.2, 0.25) is 0 Å². The van der Waals surface area contributed by atoms with E-state index in [-0.39, 0.29) is 0 Å². The lowest BCUT2D eigenvalue weighted by Crippen LogP contribution is -2.21. The van der Waals surface area contributed by atoms with Crippen LogP contribution in [0.1, 0.15) is 48.9 Å². The van der Waals surface area contributed by atoms with Gasteiger partial charge in [0.1, 0.15) is 5.75 Å². The molecule has 1 heterocycles. The minimum atomic E-state index is 0.464. The molecule has 0 fully saturated rings. The van der Waals surface area contributed by atoms with Gasteiger partial charge in [-0.05, 0) is 45.2 Å². The van der Waals surface area contributed by atoms with E-state index in [1.807, 2.05) is 0 Å². The molecule has 0 spiro atoms. The Bertz CT molecular complexity index is 387. The average molecular weight is 233 g/mol. The molecule has 2 rings (SSSR count). The third-order valence-electron chi connectivity index (χ3n) is 3.35. The van der Waals surface area contributed by atoms with Gasteiger partial charge < -0.3 is 10.1 Å². The van der Waals surface area contributed by atoms with E-state index in [9.17, 15) is 0 Å². The molecular weight excluding hydrogens is 210 g/mol. The van der Waals surface area contributed by atoms with Crippen LogP contribution >= 0.6 is 0 Å². The molecule has 0 aromatic heterocycles. The van der Waals surface area contributed by atoms with Crippen LogP contribution in [0.25, 0.3) is 0 Å². The Kier molecular flexibility index (Phi) is 4.06. The maximum Gasteiger partial charge on any atom is 0.126 e. The average Bonchev–Trinajstić information content (AvgIpc) is 2.49. The van der Waals surface area contributed by atoms with Crippen LogP contribution in [-0.2, 0) is 0 Å². The van der Waals surface area contributed by atoms with Crippen molar-refractivity contribution < 1.29 is 4.74 Å². The van der Waals surface area contributed by atoms with Gasteiger partial charge in [0.05, 0.1) is 6.61 Å². The van der Waals surface area contributed by atoms with E-state index in [2.05, 4.69) is 38.2 Å². The Morgan fingerprint density at radius 3 is 2.94 bits per heavy atom. The van der Waals surface area contributed by atoms with Crippen LogP contribution in [-0.4, -0.2) is 13.2 Å². The summed E-state index contributed by atoms with van der Waals surface area (Å²) in [6.45, 7) is 8.45. The van der Waals surface area contributed by atoms with Crippen molar-refractivity contribution in [3.8, 4) is 5.75 Å². The fourth-order valence-electron chi connectivity index (χ4n) is 2.59. The van der Waals surface area contributed by atoms with Crippen LogP contribution in [0.2, 0.25) is 0 Å². The second-order valence-corrected chi connectivity index (χ2v) is 5.00. The Balaban J connectivity index is 2.33. The molecule has 0 radical (unpaired) electrons. The first-order valence-electron chi connectivity index (χ1n) is 6.69. The molecule has 94 valence electrons. The second-order valence-electron chi connectivity index (χ2n) is 5.00. The lowest BCUT2D eigenvalue weighted by molar-refractivity contribution is 0.313. The van der Waals surface area contributed by atoms with Gasteiger partial charge in [-0.1, -0.05) is 24.6 Å². The maximum atomic E-state index is 5.90. The van der Waals surface area contributed by atoms with Crippen LogP contribution in [0.15, 0.2) is 12.1 Å². The van der Waals surface area contributed by atoms with Crippen molar-refractivity contribution in [1.82, 2.24) is 5.32 Å². The van der Waals surface area contributed by atoms with Crippen molar-refractivity contribution in [1.29, 1.82) is 0 Å². The molecule has 0 aliphatic carbocycles. The molecule has 2 nitrogen and oxygen atoms in total. The van der Waals surface area contributed by atoms with Gasteiger partial charge in [-0.3, -0.25) is 0 Å². The van der Waals surface area contributed by atoms with Crippen molar-refractivity contribution in [2.24, 2.45) is 0 Å². The predicted molar refractivity (Wildman–Crippen MR) is 71.7 cm³/mol. The molecule has 0 saturated heterocycles. The zero-order valence-corrected chi connectivity index (χ0v) is 11.2. The highest BCUT2D eigenvalue weighted by Crippen LogP contribution is 2.35. The van der Waals surface area contributed by atoms with E-state index in [0.29, 0.717) is 6.04 Å². The molecule has 0 amide bonds. The molecule has 1 aliphatic heterocycles. The SMILES string of the molecule is CCCNC1CCCOc2c(C)cc(C)cc21. The molecule has 1 aromatic carbocycles. The molecule has 0 saturated carbocycles. The lowest BCUT2D eigenvalue weighted by atomic mass is 9.97. The van der Waals surface area contributed by atoms with E-state index < -0.39 is 0 Å². The maximum absolute atomic E-state index is 5.90. The number of hydrogen-bond acceptors (Lipinski definition) is 2.